The highest BCUT2D eigenvalue weighted by molar-refractivity contribution is 5.47. The van der Waals surface area contributed by atoms with Crippen molar-refractivity contribution in [2.75, 3.05) is 38.8 Å². The van der Waals surface area contributed by atoms with Crippen LogP contribution in [0.5, 0.6) is 5.88 Å². The van der Waals surface area contributed by atoms with Gasteiger partial charge >= 0.3 is 0 Å². The summed E-state index contributed by atoms with van der Waals surface area (Å²) in [5, 5.41) is 11.6. The lowest BCUT2D eigenvalue weighted by Crippen LogP contribution is -2.13. The van der Waals surface area contributed by atoms with E-state index in [9.17, 15) is 0 Å². The van der Waals surface area contributed by atoms with Gasteiger partial charge in [0.05, 0.1) is 32.5 Å². The summed E-state index contributed by atoms with van der Waals surface area (Å²) in [4.78, 5) is 8.07. The third-order valence-corrected chi connectivity index (χ3v) is 2.01. The first-order chi connectivity index (χ1) is 7.79. The number of methoxy groups -OCH3 is 1. The van der Waals surface area contributed by atoms with Crippen molar-refractivity contribution in [3.8, 4) is 5.88 Å². The maximum Gasteiger partial charge on any atom is 0.221 e. The molecule has 0 aliphatic heterocycles. The van der Waals surface area contributed by atoms with Gasteiger partial charge in [-0.25, -0.2) is 9.97 Å². The van der Waals surface area contributed by atoms with Crippen molar-refractivity contribution < 1.29 is 14.6 Å². The number of nitrogens with one attached hydrogen (secondary N) is 1. The Balaban J connectivity index is 2.41. The lowest BCUT2D eigenvalue weighted by molar-refractivity contribution is 0.0992. The Morgan fingerprint density at radius 1 is 1.38 bits per heavy atom. The average molecular weight is 227 g/mol. The first-order valence-electron chi connectivity index (χ1n) is 5.07. The number of ether oxygens (including phenoxy) is 2. The van der Waals surface area contributed by atoms with Crippen molar-refractivity contribution in [3.63, 3.8) is 0 Å². The second-order valence-electron chi connectivity index (χ2n) is 3.12. The zero-order valence-electron chi connectivity index (χ0n) is 9.56. The van der Waals surface area contributed by atoms with E-state index in [2.05, 4.69) is 15.3 Å². The zero-order valence-corrected chi connectivity index (χ0v) is 9.56. The van der Waals surface area contributed by atoms with Crippen LogP contribution < -0.4 is 10.1 Å². The minimum atomic E-state index is 0.0420. The smallest absolute Gasteiger partial charge is 0.221 e. The summed E-state index contributed by atoms with van der Waals surface area (Å²) in [5.74, 6) is 1.30. The molecule has 0 fully saturated rings. The Bertz CT molecular complexity index is 320. The van der Waals surface area contributed by atoms with Gasteiger partial charge in [0.1, 0.15) is 12.1 Å². The predicted octanol–water partition coefficient (Wildman–Crippen LogP) is 0.214. The van der Waals surface area contributed by atoms with Crippen LogP contribution in [0.2, 0.25) is 0 Å². The highest BCUT2D eigenvalue weighted by atomic mass is 16.5. The molecule has 16 heavy (non-hydrogen) atoms. The van der Waals surface area contributed by atoms with Gasteiger partial charge in [-0.3, -0.25) is 0 Å². The molecule has 90 valence electrons. The van der Waals surface area contributed by atoms with Crippen molar-refractivity contribution in [2.24, 2.45) is 0 Å². The lowest BCUT2D eigenvalue weighted by atomic mass is 10.3. The molecule has 1 heterocycles. The lowest BCUT2D eigenvalue weighted by Gasteiger charge is -2.10. The molecule has 6 nitrogen and oxygen atoms in total. The second-order valence-corrected chi connectivity index (χ2v) is 3.12. The molecule has 0 radical (unpaired) electrons. The van der Waals surface area contributed by atoms with E-state index in [0.717, 1.165) is 11.4 Å². The van der Waals surface area contributed by atoms with Gasteiger partial charge in [0, 0.05) is 6.54 Å². The van der Waals surface area contributed by atoms with Crippen molar-refractivity contribution >= 4 is 5.82 Å². The monoisotopic (exact) mass is 227 g/mol. The molecule has 0 unspecified atom stereocenters. The predicted molar refractivity (Wildman–Crippen MR) is 59.7 cm³/mol. The quantitative estimate of drug-likeness (QED) is 0.649. The SMILES string of the molecule is COc1ncnc(NCCOCCO)c1C. The van der Waals surface area contributed by atoms with E-state index in [1.54, 1.807) is 7.11 Å². The van der Waals surface area contributed by atoms with E-state index in [-0.39, 0.29) is 6.61 Å². The number of aliphatic hydroxyl groups is 1. The normalized spacial score (nSPS) is 10.2. The summed E-state index contributed by atoms with van der Waals surface area (Å²) < 4.78 is 10.2. The van der Waals surface area contributed by atoms with E-state index >= 15 is 0 Å². The number of hydrogen-bond acceptors (Lipinski definition) is 6. The molecular weight excluding hydrogens is 210 g/mol. The highest BCUT2D eigenvalue weighted by Gasteiger charge is 2.05. The van der Waals surface area contributed by atoms with Gasteiger partial charge in [-0.2, -0.15) is 0 Å². The molecule has 0 spiro atoms. The summed E-state index contributed by atoms with van der Waals surface area (Å²) in [6.45, 7) is 3.43. The fourth-order valence-electron chi connectivity index (χ4n) is 1.23. The maximum absolute atomic E-state index is 8.51. The Labute approximate surface area is 94.6 Å². The molecule has 0 atom stereocenters. The molecule has 0 aliphatic carbocycles. The number of aliphatic hydroxyl groups excluding tert-OH is 1. The topological polar surface area (TPSA) is 76.5 Å². The fraction of sp³-hybridized carbons (Fsp3) is 0.600. The van der Waals surface area contributed by atoms with Gasteiger partial charge in [0.15, 0.2) is 0 Å². The Morgan fingerprint density at radius 2 is 2.19 bits per heavy atom. The van der Waals surface area contributed by atoms with Gasteiger partial charge in [-0.1, -0.05) is 0 Å². The molecule has 1 aromatic heterocycles. The van der Waals surface area contributed by atoms with Crippen molar-refractivity contribution in [1.82, 2.24) is 9.97 Å². The number of aromatic nitrogens is 2. The van der Waals surface area contributed by atoms with E-state index in [1.807, 2.05) is 6.92 Å². The minimum absolute atomic E-state index is 0.0420. The van der Waals surface area contributed by atoms with Crippen LogP contribution in [0.3, 0.4) is 0 Å². The standard InChI is InChI=1S/C10H17N3O3/c1-8-9(11-3-5-16-6-4-14)12-7-13-10(8)15-2/h7,14H,3-6H2,1-2H3,(H,11,12,13). The molecule has 6 heteroatoms. The Hall–Kier alpha value is -1.40. The third kappa shape index (κ3) is 3.63. The number of rotatable bonds is 7. The highest BCUT2D eigenvalue weighted by Crippen LogP contribution is 2.19. The van der Waals surface area contributed by atoms with Crippen molar-refractivity contribution in [2.45, 2.75) is 6.92 Å². The summed E-state index contributed by atoms with van der Waals surface area (Å²) >= 11 is 0. The second kappa shape index (κ2) is 6.97. The van der Waals surface area contributed by atoms with Gasteiger partial charge < -0.3 is 19.9 Å². The maximum atomic E-state index is 8.51. The molecule has 1 rings (SSSR count). The molecule has 2 N–H and O–H groups in total. The van der Waals surface area contributed by atoms with Gasteiger partial charge in [-0.05, 0) is 6.92 Å². The number of nitrogens with zero attached hydrogens (tertiary/aromatic N) is 2. The zero-order chi connectivity index (χ0) is 11.8. The molecular formula is C10H17N3O3. The van der Waals surface area contributed by atoms with Gasteiger partial charge in [0.2, 0.25) is 5.88 Å². The van der Waals surface area contributed by atoms with Crippen LogP contribution in [-0.2, 0) is 4.74 Å². The van der Waals surface area contributed by atoms with Crippen LogP contribution in [0.15, 0.2) is 6.33 Å². The molecule has 1 aromatic rings. The summed E-state index contributed by atoms with van der Waals surface area (Å²) in [6, 6.07) is 0. The largest absolute Gasteiger partial charge is 0.481 e. The Morgan fingerprint density at radius 3 is 2.88 bits per heavy atom. The van der Waals surface area contributed by atoms with Crippen molar-refractivity contribution in [3.05, 3.63) is 11.9 Å². The number of hydrogen-bond donors (Lipinski definition) is 2. The summed E-state index contributed by atoms with van der Waals surface area (Å²) in [7, 11) is 1.57. The molecule has 0 saturated carbocycles. The van der Waals surface area contributed by atoms with E-state index in [0.29, 0.717) is 25.6 Å². The number of anilines is 1. The molecule has 0 bridgehead atoms. The molecule has 0 saturated heterocycles. The first kappa shape index (κ1) is 12.7. The minimum Gasteiger partial charge on any atom is -0.481 e. The van der Waals surface area contributed by atoms with Crippen LogP contribution in [-0.4, -0.2) is 48.5 Å². The van der Waals surface area contributed by atoms with E-state index in [4.69, 9.17) is 14.6 Å². The summed E-state index contributed by atoms with van der Waals surface area (Å²) in [6.07, 6.45) is 1.45. The van der Waals surface area contributed by atoms with Gasteiger partial charge in [-0.15, -0.1) is 0 Å². The molecule has 0 aromatic carbocycles. The third-order valence-electron chi connectivity index (χ3n) is 2.01. The van der Waals surface area contributed by atoms with E-state index < -0.39 is 0 Å². The average Bonchev–Trinajstić information content (AvgIpc) is 2.31. The van der Waals surface area contributed by atoms with Crippen LogP contribution in [0.25, 0.3) is 0 Å². The molecule has 0 amide bonds. The van der Waals surface area contributed by atoms with E-state index in [1.165, 1.54) is 6.33 Å². The van der Waals surface area contributed by atoms with Crippen LogP contribution in [0.4, 0.5) is 5.82 Å². The fourth-order valence-corrected chi connectivity index (χ4v) is 1.23. The molecule has 0 aliphatic rings. The first-order valence-corrected chi connectivity index (χ1v) is 5.07. The van der Waals surface area contributed by atoms with Gasteiger partial charge in [0.25, 0.3) is 0 Å². The van der Waals surface area contributed by atoms with Crippen LogP contribution in [0.1, 0.15) is 5.56 Å². The summed E-state index contributed by atoms with van der Waals surface area (Å²) in [5.41, 5.74) is 0.868. The van der Waals surface area contributed by atoms with Crippen LogP contribution in [0, 0.1) is 6.92 Å². The Kier molecular flexibility index (Phi) is 5.52. The van der Waals surface area contributed by atoms with Crippen molar-refractivity contribution in [1.29, 1.82) is 0 Å². The van der Waals surface area contributed by atoms with Crippen LogP contribution >= 0.6 is 0 Å².